The molecule has 2 fully saturated rings. The van der Waals surface area contributed by atoms with Gasteiger partial charge in [-0.2, -0.15) is 17.0 Å². The zero-order valence-electron chi connectivity index (χ0n) is 11.2. The largest absolute Gasteiger partial charge is 0.379 e. The summed E-state index contributed by atoms with van der Waals surface area (Å²) >= 11 is 0. The second kappa shape index (κ2) is 5.72. The highest BCUT2D eigenvalue weighted by Crippen LogP contribution is 2.34. The van der Waals surface area contributed by atoms with Crippen LogP contribution in [0.2, 0.25) is 0 Å². The summed E-state index contributed by atoms with van der Waals surface area (Å²) in [4.78, 5) is 8.30. The van der Waals surface area contributed by atoms with Gasteiger partial charge in [0.2, 0.25) is 0 Å². The quantitative estimate of drug-likeness (QED) is 0.796. The highest BCUT2D eigenvalue weighted by molar-refractivity contribution is 7.86. The molecule has 110 valence electrons. The van der Waals surface area contributed by atoms with E-state index in [-0.39, 0.29) is 6.04 Å². The smallest absolute Gasteiger partial charge is 0.282 e. The van der Waals surface area contributed by atoms with Crippen LogP contribution in [0.15, 0.2) is 18.6 Å². The summed E-state index contributed by atoms with van der Waals surface area (Å²) in [5.41, 5.74) is 0.724. The van der Waals surface area contributed by atoms with Crippen LogP contribution in [0.1, 0.15) is 24.6 Å². The summed E-state index contributed by atoms with van der Waals surface area (Å²) < 4.78 is 33.7. The third-order valence-corrected chi connectivity index (χ3v) is 5.77. The van der Waals surface area contributed by atoms with Crippen LogP contribution in [0, 0.1) is 0 Å². The van der Waals surface area contributed by atoms with Gasteiger partial charge in [-0.3, -0.25) is 9.97 Å². The number of nitrogens with zero attached hydrogens (tertiary/aromatic N) is 4. The topological polar surface area (TPSA) is 75.6 Å². The lowest BCUT2D eigenvalue weighted by Crippen LogP contribution is -2.48. The highest BCUT2D eigenvalue weighted by Gasteiger charge is 2.39. The highest BCUT2D eigenvalue weighted by atomic mass is 32.2. The minimum atomic E-state index is -3.44. The molecular formula is C12H18N4O3S. The van der Waals surface area contributed by atoms with E-state index in [1.54, 1.807) is 22.9 Å². The van der Waals surface area contributed by atoms with Crippen molar-refractivity contribution in [2.24, 2.45) is 0 Å². The second-order valence-electron chi connectivity index (χ2n) is 4.92. The zero-order valence-corrected chi connectivity index (χ0v) is 12.0. The molecule has 0 aliphatic carbocycles. The first kappa shape index (κ1) is 13.9. The summed E-state index contributed by atoms with van der Waals surface area (Å²) in [6.07, 6.45) is 6.50. The van der Waals surface area contributed by atoms with E-state index >= 15 is 0 Å². The van der Waals surface area contributed by atoms with Crippen LogP contribution in [0.25, 0.3) is 0 Å². The molecule has 20 heavy (non-hydrogen) atoms. The van der Waals surface area contributed by atoms with Gasteiger partial charge in [0.25, 0.3) is 10.2 Å². The monoisotopic (exact) mass is 298 g/mol. The Bertz CT molecular complexity index is 545. The Hall–Kier alpha value is -1.09. The maximum atomic E-state index is 12.7. The molecule has 0 unspecified atom stereocenters. The molecule has 3 rings (SSSR count). The average molecular weight is 298 g/mol. The van der Waals surface area contributed by atoms with Crippen LogP contribution in [-0.2, 0) is 14.9 Å². The lowest BCUT2D eigenvalue weighted by molar-refractivity contribution is 0.0698. The summed E-state index contributed by atoms with van der Waals surface area (Å²) in [5.74, 6) is 0. The lowest BCUT2D eigenvalue weighted by atomic mass is 10.2. The Morgan fingerprint density at radius 1 is 1.20 bits per heavy atom. The van der Waals surface area contributed by atoms with Crippen molar-refractivity contribution in [2.75, 3.05) is 32.8 Å². The Kier molecular flexibility index (Phi) is 3.97. The van der Waals surface area contributed by atoms with Crippen LogP contribution in [0.3, 0.4) is 0 Å². The van der Waals surface area contributed by atoms with E-state index in [0.29, 0.717) is 32.8 Å². The Balaban J connectivity index is 1.84. The number of ether oxygens (including phenoxy) is 1. The van der Waals surface area contributed by atoms with Crippen molar-refractivity contribution in [3.63, 3.8) is 0 Å². The van der Waals surface area contributed by atoms with Gasteiger partial charge in [-0.25, -0.2) is 0 Å². The maximum Gasteiger partial charge on any atom is 0.282 e. The van der Waals surface area contributed by atoms with E-state index in [1.165, 1.54) is 4.31 Å². The van der Waals surface area contributed by atoms with Gasteiger partial charge in [-0.1, -0.05) is 0 Å². The molecule has 8 heteroatoms. The van der Waals surface area contributed by atoms with E-state index in [1.807, 2.05) is 0 Å². The Labute approximate surface area is 118 Å². The molecule has 2 saturated heterocycles. The van der Waals surface area contributed by atoms with Crippen molar-refractivity contribution in [1.82, 2.24) is 18.6 Å². The molecule has 0 bridgehead atoms. The first-order valence-electron chi connectivity index (χ1n) is 6.80. The molecule has 0 amide bonds. The number of hydrogen-bond donors (Lipinski definition) is 0. The molecule has 0 N–H and O–H groups in total. The van der Waals surface area contributed by atoms with Crippen LogP contribution in [0.5, 0.6) is 0 Å². The normalized spacial score (nSPS) is 25.9. The number of rotatable bonds is 3. The maximum absolute atomic E-state index is 12.7. The molecule has 7 nitrogen and oxygen atoms in total. The Morgan fingerprint density at radius 2 is 2.00 bits per heavy atom. The molecule has 0 aromatic carbocycles. The summed E-state index contributed by atoms with van der Waals surface area (Å²) in [7, 11) is -3.44. The van der Waals surface area contributed by atoms with Crippen molar-refractivity contribution in [2.45, 2.75) is 18.9 Å². The fourth-order valence-electron chi connectivity index (χ4n) is 2.72. The van der Waals surface area contributed by atoms with Crippen molar-refractivity contribution >= 4 is 10.2 Å². The van der Waals surface area contributed by atoms with Crippen molar-refractivity contribution < 1.29 is 13.2 Å². The minimum Gasteiger partial charge on any atom is -0.379 e. The first-order chi connectivity index (χ1) is 9.69. The second-order valence-corrected chi connectivity index (χ2v) is 6.80. The summed E-state index contributed by atoms with van der Waals surface area (Å²) in [5, 5.41) is 0. The van der Waals surface area contributed by atoms with Crippen molar-refractivity contribution in [1.29, 1.82) is 0 Å². The Morgan fingerprint density at radius 3 is 2.70 bits per heavy atom. The fraction of sp³-hybridized carbons (Fsp3) is 0.667. The standard InChI is InChI=1S/C12H18N4O3S/c17-20(18,15-6-8-19-9-7-15)16-5-1-2-12(16)11-10-13-3-4-14-11/h3-4,10,12H,1-2,5-9H2/t12-/m1/s1. The van der Waals surface area contributed by atoms with Gasteiger partial charge in [0.1, 0.15) is 0 Å². The molecule has 1 atom stereocenters. The van der Waals surface area contributed by atoms with E-state index < -0.39 is 10.2 Å². The number of hydrogen-bond acceptors (Lipinski definition) is 5. The van der Waals surface area contributed by atoms with Gasteiger partial charge in [-0.05, 0) is 12.8 Å². The fourth-order valence-corrected chi connectivity index (χ4v) is 4.52. The summed E-state index contributed by atoms with van der Waals surface area (Å²) in [6.45, 7) is 2.31. The summed E-state index contributed by atoms with van der Waals surface area (Å²) in [6, 6.07) is -0.198. The third-order valence-electron chi connectivity index (χ3n) is 3.72. The molecule has 0 saturated carbocycles. The van der Waals surface area contributed by atoms with Crippen LogP contribution >= 0.6 is 0 Å². The van der Waals surface area contributed by atoms with Crippen LogP contribution < -0.4 is 0 Å². The van der Waals surface area contributed by atoms with E-state index in [0.717, 1.165) is 18.5 Å². The number of morpholine rings is 1. The predicted octanol–water partition coefficient (Wildman–Crippen LogP) is 0.190. The van der Waals surface area contributed by atoms with Crippen LogP contribution in [0.4, 0.5) is 0 Å². The molecule has 3 heterocycles. The first-order valence-corrected chi connectivity index (χ1v) is 8.20. The molecule has 2 aliphatic rings. The van der Waals surface area contributed by atoms with Gasteiger partial charge in [0, 0.05) is 32.0 Å². The molecule has 0 spiro atoms. The van der Waals surface area contributed by atoms with Gasteiger partial charge >= 0.3 is 0 Å². The van der Waals surface area contributed by atoms with Crippen LogP contribution in [-0.4, -0.2) is 59.8 Å². The van der Waals surface area contributed by atoms with Crippen molar-refractivity contribution in [3.8, 4) is 0 Å². The minimum absolute atomic E-state index is 0.198. The van der Waals surface area contributed by atoms with E-state index in [9.17, 15) is 8.42 Å². The van der Waals surface area contributed by atoms with Gasteiger partial charge in [-0.15, -0.1) is 0 Å². The van der Waals surface area contributed by atoms with E-state index in [4.69, 9.17) is 4.74 Å². The zero-order chi connectivity index (χ0) is 14.0. The molecular weight excluding hydrogens is 280 g/mol. The molecule has 1 aromatic rings. The third kappa shape index (κ3) is 2.56. The molecule has 2 aliphatic heterocycles. The van der Waals surface area contributed by atoms with Crippen molar-refractivity contribution in [3.05, 3.63) is 24.3 Å². The molecule has 1 aromatic heterocycles. The van der Waals surface area contributed by atoms with E-state index in [2.05, 4.69) is 9.97 Å². The van der Waals surface area contributed by atoms with Gasteiger partial charge in [0.15, 0.2) is 0 Å². The lowest BCUT2D eigenvalue weighted by Gasteiger charge is -2.32. The molecule has 0 radical (unpaired) electrons. The average Bonchev–Trinajstić information content (AvgIpc) is 2.99. The number of aromatic nitrogens is 2. The SMILES string of the molecule is O=S(=O)(N1CCOCC1)N1CCC[C@@H]1c1cnccn1. The predicted molar refractivity (Wildman–Crippen MR) is 72.0 cm³/mol. The van der Waals surface area contributed by atoms with Gasteiger partial charge in [0.05, 0.1) is 31.1 Å². The van der Waals surface area contributed by atoms with Gasteiger partial charge < -0.3 is 4.74 Å².